The molecule has 0 spiro atoms. The van der Waals surface area contributed by atoms with Crippen LogP contribution in [0.5, 0.6) is 0 Å². The number of benzene rings is 2. The molecule has 0 unspecified atom stereocenters. The predicted molar refractivity (Wildman–Crippen MR) is 102 cm³/mol. The summed E-state index contributed by atoms with van der Waals surface area (Å²) in [5, 5.41) is 0.558. The van der Waals surface area contributed by atoms with Crippen molar-refractivity contribution in [1.82, 2.24) is 9.97 Å². The van der Waals surface area contributed by atoms with Crippen LogP contribution in [0.1, 0.15) is 19.4 Å². The van der Waals surface area contributed by atoms with E-state index in [9.17, 15) is 9.36 Å². The van der Waals surface area contributed by atoms with E-state index in [1.54, 1.807) is 19.9 Å². The van der Waals surface area contributed by atoms with Crippen LogP contribution < -0.4 is 5.56 Å². The third kappa shape index (κ3) is 4.10. The summed E-state index contributed by atoms with van der Waals surface area (Å²) in [4.78, 5) is 19.5. The highest BCUT2D eigenvalue weighted by molar-refractivity contribution is 7.53. The Hall–Kier alpha value is -2.27. The van der Waals surface area contributed by atoms with Crippen LogP contribution in [-0.2, 0) is 19.8 Å². The maximum Gasteiger partial charge on any atom is 0.335 e. The Morgan fingerprint density at radius 3 is 2.31 bits per heavy atom. The summed E-state index contributed by atoms with van der Waals surface area (Å²) in [6, 6.07) is 14.6. The van der Waals surface area contributed by atoms with Crippen molar-refractivity contribution < 1.29 is 13.6 Å². The molecule has 0 aliphatic carbocycles. The van der Waals surface area contributed by atoms with Gasteiger partial charge in [-0.25, -0.2) is 4.98 Å². The van der Waals surface area contributed by atoms with Gasteiger partial charge in [0.15, 0.2) is 0 Å². The lowest BCUT2D eigenvalue weighted by molar-refractivity contribution is 0.219. The molecule has 3 rings (SSSR count). The molecule has 26 heavy (non-hydrogen) atoms. The molecule has 2 aromatic carbocycles. The van der Waals surface area contributed by atoms with Crippen LogP contribution in [0.25, 0.3) is 22.3 Å². The number of nitrogens with zero attached hydrogens (tertiary/aromatic N) is 1. The van der Waals surface area contributed by atoms with Crippen molar-refractivity contribution in [2.75, 3.05) is 13.2 Å². The van der Waals surface area contributed by atoms with Crippen molar-refractivity contribution in [2.24, 2.45) is 0 Å². The summed E-state index contributed by atoms with van der Waals surface area (Å²) in [6.45, 7) is 4.24. The zero-order chi connectivity index (χ0) is 18.6. The van der Waals surface area contributed by atoms with Gasteiger partial charge < -0.3 is 14.0 Å². The van der Waals surface area contributed by atoms with Crippen LogP contribution in [-0.4, -0.2) is 23.2 Å². The normalized spacial score (nSPS) is 11.8. The van der Waals surface area contributed by atoms with E-state index in [1.165, 1.54) is 0 Å². The Labute approximate surface area is 151 Å². The van der Waals surface area contributed by atoms with Crippen LogP contribution in [0.15, 0.2) is 53.3 Å². The van der Waals surface area contributed by atoms with Gasteiger partial charge in [0.05, 0.1) is 30.3 Å². The third-order valence-corrected chi connectivity index (χ3v) is 5.92. The molecule has 0 atom stereocenters. The van der Waals surface area contributed by atoms with E-state index < -0.39 is 7.60 Å². The zero-order valence-corrected chi connectivity index (χ0v) is 15.7. The van der Waals surface area contributed by atoms with E-state index in [-0.39, 0.29) is 11.7 Å². The summed E-state index contributed by atoms with van der Waals surface area (Å²) in [5.41, 5.74) is 2.08. The lowest BCUT2D eigenvalue weighted by atomic mass is 10.1. The second kappa shape index (κ2) is 7.96. The van der Waals surface area contributed by atoms with Crippen LogP contribution in [0, 0.1) is 0 Å². The van der Waals surface area contributed by atoms with E-state index in [0.29, 0.717) is 29.9 Å². The first-order valence-corrected chi connectivity index (χ1v) is 10.2. The molecule has 1 aromatic heterocycles. The molecular weight excluding hydrogens is 351 g/mol. The minimum absolute atomic E-state index is 0.174. The molecule has 1 heterocycles. The summed E-state index contributed by atoms with van der Waals surface area (Å²) < 4.78 is 23.3. The molecular formula is C19H21N2O4P. The van der Waals surface area contributed by atoms with Crippen LogP contribution in [0.2, 0.25) is 0 Å². The van der Waals surface area contributed by atoms with Gasteiger partial charge in [0.2, 0.25) is 0 Å². The Balaban J connectivity index is 1.88. The minimum Gasteiger partial charge on any atom is -0.309 e. The highest BCUT2D eigenvalue weighted by atomic mass is 31.2. The molecule has 136 valence electrons. The molecule has 0 fully saturated rings. The first-order valence-electron chi connectivity index (χ1n) is 8.51. The number of nitrogens with one attached hydrogen (secondary N) is 1. The largest absolute Gasteiger partial charge is 0.335 e. The summed E-state index contributed by atoms with van der Waals surface area (Å²) in [7, 11) is -3.14. The summed E-state index contributed by atoms with van der Waals surface area (Å²) in [5.74, 6) is 0.498. The number of H-pyrrole nitrogens is 1. The van der Waals surface area contributed by atoms with Crippen molar-refractivity contribution in [3.8, 4) is 11.4 Å². The SMILES string of the molecule is CCOP(=O)(Cc1ccc(-c2nc3ccccc3c(=O)[nH]2)cc1)OCC. The number of para-hydroxylation sites is 1. The average Bonchev–Trinajstić information content (AvgIpc) is 2.62. The molecule has 3 aromatic rings. The average molecular weight is 372 g/mol. The predicted octanol–water partition coefficient (Wildman–Crippen LogP) is 4.36. The molecule has 0 saturated heterocycles. The Morgan fingerprint density at radius 2 is 1.65 bits per heavy atom. The summed E-state index contributed by atoms with van der Waals surface area (Å²) >= 11 is 0. The third-order valence-electron chi connectivity index (χ3n) is 3.87. The summed E-state index contributed by atoms with van der Waals surface area (Å²) in [6.07, 6.45) is 0.205. The first kappa shape index (κ1) is 18.5. The fourth-order valence-electron chi connectivity index (χ4n) is 2.74. The molecule has 0 aliphatic rings. The van der Waals surface area contributed by atoms with Crippen LogP contribution in [0.3, 0.4) is 0 Å². The fraction of sp³-hybridized carbons (Fsp3) is 0.263. The van der Waals surface area contributed by atoms with Crippen LogP contribution in [0.4, 0.5) is 0 Å². The van der Waals surface area contributed by atoms with E-state index in [2.05, 4.69) is 9.97 Å². The number of hydrogen-bond acceptors (Lipinski definition) is 5. The molecule has 0 radical (unpaired) electrons. The molecule has 0 saturated carbocycles. The second-order valence-electron chi connectivity index (χ2n) is 5.73. The molecule has 1 N–H and O–H groups in total. The van der Waals surface area contributed by atoms with Gasteiger partial charge in [-0.15, -0.1) is 0 Å². The molecule has 0 amide bonds. The lowest BCUT2D eigenvalue weighted by Gasteiger charge is -2.17. The quantitative estimate of drug-likeness (QED) is 0.624. The van der Waals surface area contributed by atoms with Gasteiger partial charge in [0, 0.05) is 5.56 Å². The van der Waals surface area contributed by atoms with Gasteiger partial charge in [-0.1, -0.05) is 36.4 Å². The van der Waals surface area contributed by atoms with E-state index in [4.69, 9.17) is 9.05 Å². The highest BCUT2D eigenvalue weighted by Gasteiger charge is 2.23. The monoisotopic (exact) mass is 372 g/mol. The van der Waals surface area contributed by atoms with Gasteiger partial charge in [-0.3, -0.25) is 9.36 Å². The fourth-order valence-corrected chi connectivity index (χ4v) is 4.44. The van der Waals surface area contributed by atoms with Crippen molar-refractivity contribution in [2.45, 2.75) is 20.0 Å². The minimum atomic E-state index is -3.14. The van der Waals surface area contributed by atoms with Gasteiger partial charge in [-0.2, -0.15) is 0 Å². The van der Waals surface area contributed by atoms with Crippen molar-refractivity contribution in [1.29, 1.82) is 0 Å². The second-order valence-corrected chi connectivity index (χ2v) is 7.79. The zero-order valence-electron chi connectivity index (χ0n) is 14.8. The number of fused-ring (bicyclic) bond motifs is 1. The topological polar surface area (TPSA) is 81.3 Å². The van der Waals surface area contributed by atoms with Gasteiger partial charge in [-0.05, 0) is 31.5 Å². The van der Waals surface area contributed by atoms with E-state index in [0.717, 1.165) is 11.1 Å². The molecule has 0 aliphatic heterocycles. The smallest absolute Gasteiger partial charge is 0.309 e. The standard InChI is InChI=1S/C19H21N2O4P/c1-3-24-26(23,25-4-2)13-14-9-11-15(12-10-14)18-20-17-8-6-5-7-16(17)19(22)21-18/h5-12H,3-4,13H2,1-2H3,(H,20,21,22). The van der Waals surface area contributed by atoms with Gasteiger partial charge >= 0.3 is 7.60 Å². The maximum atomic E-state index is 12.6. The maximum absolute atomic E-state index is 12.6. The van der Waals surface area contributed by atoms with Crippen molar-refractivity contribution in [3.63, 3.8) is 0 Å². The number of aromatic amines is 1. The van der Waals surface area contributed by atoms with Gasteiger partial charge in [0.1, 0.15) is 5.82 Å². The number of hydrogen-bond donors (Lipinski definition) is 1. The van der Waals surface area contributed by atoms with E-state index >= 15 is 0 Å². The van der Waals surface area contributed by atoms with Gasteiger partial charge in [0.25, 0.3) is 5.56 Å². The Bertz CT molecular complexity index is 988. The molecule has 0 bridgehead atoms. The lowest BCUT2D eigenvalue weighted by Crippen LogP contribution is -2.09. The first-order chi connectivity index (χ1) is 12.5. The molecule has 6 nitrogen and oxygen atoms in total. The van der Waals surface area contributed by atoms with Crippen LogP contribution >= 0.6 is 7.60 Å². The number of rotatable bonds is 7. The molecule has 7 heteroatoms. The van der Waals surface area contributed by atoms with Crippen molar-refractivity contribution >= 4 is 18.5 Å². The van der Waals surface area contributed by atoms with Crippen molar-refractivity contribution in [3.05, 3.63) is 64.4 Å². The van der Waals surface area contributed by atoms with E-state index in [1.807, 2.05) is 42.5 Å². The Morgan fingerprint density at radius 1 is 1.00 bits per heavy atom. The Kier molecular flexibility index (Phi) is 5.67. The number of aromatic nitrogens is 2. The highest BCUT2D eigenvalue weighted by Crippen LogP contribution is 2.51.